The summed E-state index contributed by atoms with van der Waals surface area (Å²) in [6.07, 6.45) is 2.58. The maximum absolute atomic E-state index is 11.5. The van der Waals surface area contributed by atoms with Crippen LogP contribution < -0.4 is 5.32 Å². The Kier molecular flexibility index (Phi) is 4.23. The number of nitrogens with one attached hydrogen (secondary N) is 1. The van der Waals surface area contributed by atoms with E-state index in [9.17, 15) is 4.79 Å². The summed E-state index contributed by atoms with van der Waals surface area (Å²) in [7, 11) is 0. The lowest BCUT2D eigenvalue weighted by Crippen LogP contribution is -2.40. The molecule has 0 saturated carbocycles. The minimum atomic E-state index is -0.430. The van der Waals surface area contributed by atoms with Gasteiger partial charge in [0.2, 0.25) is 5.91 Å². The molecule has 1 aromatic rings. The summed E-state index contributed by atoms with van der Waals surface area (Å²) in [5, 5.41) is 14.3. The van der Waals surface area contributed by atoms with Crippen molar-refractivity contribution in [2.24, 2.45) is 0 Å². The molecule has 15 heavy (non-hydrogen) atoms. The number of nitrogens with zero attached hydrogens (tertiary/aromatic N) is 1. The molecule has 0 aromatic carbocycles. The number of aromatic nitrogens is 1. The number of carbonyl (C=O) groups is 1. The largest absolute Gasteiger partial charge is 0.396 e. The summed E-state index contributed by atoms with van der Waals surface area (Å²) in [5.74, 6) is -0.0516. The zero-order valence-corrected chi connectivity index (χ0v) is 9.80. The molecule has 5 heteroatoms. The summed E-state index contributed by atoms with van der Waals surface area (Å²) in [4.78, 5) is 15.6. The predicted octanol–water partition coefficient (Wildman–Crippen LogP) is 1.27. The molecule has 1 aromatic heterocycles. The molecule has 0 aliphatic heterocycles. The first-order valence-corrected chi connectivity index (χ1v) is 5.76. The number of aliphatic hydroxyl groups excluding tert-OH is 1. The molecule has 0 atom stereocenters. The van der Waals surface area contributed by atoms with E-state index in [-0.39, 0.29) is 12.5 Å². The quantitative estimate of drug-likeness (QED) is 0.797. The fourth-order valence-electron chi connectivity index (χ4n) is 1.24. The van der Waals surface area contributed by atoms with Crippen molar-refractivity contribution in [1.82, 2.24) is 10.3 Å². The van der Waals surface area contributed by atoms with Gasteiger partial charge in [0.05, 0.1) is 5.54 Å². The fraction of sp³-hybridized carbons (Fsp3) is 0.600. The highest BCUT2D eigenvalue weighted by molar-refractivity contribution is 7.09. The van der Waals surface area contributed by atoms with Crippen LogP contribution in [-0.2, 0) is 10.3 Å². The van der Waals surface area contributed by atoms with Crippen LogP contribution in [0.2, 0.25) is 0 Å². The van der Waals surface area contributed by atoms with Gasteiger partial charge in [0, 0.05) is 24.6 Å². The van der Waals surface area contributed by atoms with Crippen molar-refractivity contribution in [2.75, 3.05) is 6.61 Å². The summed E-state index contributed by atoms with van der Waals surface area (Å²) < 4.78 is 0. The molecule has 1 rings (SSSR count). The molecule has 4 nitrogen and oxygen atoms in total. The highest BCUT2D eigenvalue weighted by Crippen LogP contribution is 2.21. The lowest BCUT2D eigenvalue weighted by molar-refractivity contribution is -0.123. The summed E-state index contributed by atoms with van der Waals surface area (Å²) in [6.45, 7) is 3.89. The van der Waals surface area contributed by atoms with Gasteiger partial charge in [0.25, 0.3) is 0 Å². The van der Waals surface area contributed by atoms with Crippen molar-refractivity contribution in [2.45, 2.75) is 32.2 Å². The normalized spacial score (nSPS) is 11.4. The molecule has 0 radical (unpaired) electrons. The van der Waals surface area contributed by atoms with E-state index in [1.54, 1.807) is 6.20 Å². The van der Waals surface area contributed by atoms with Crippen LogP contribution in [0, 0.1) is 0 Å². The maximum atomic E-state index is 11.5. The summed E-state index contributed by atoms with van der Waals surface area (Å²) >= 11 is 1.52. The van der Waals surface area contributed by atoms with Gasteiger partial charge >= 0.3 is 0 Å². The number of amides is 1. The molecule has 0 aliphatic rings. The first kappa shape index (κ1) is 12.1. The molecule has 0 saturated heterocycles. The molecule has 84 valence electrons. The zero-order chi connectivity index (χ0) is 11.3. The van der Waals surface area contributed by atoms with Crippen LogP contribution in [0.15, 0.2) is 11.6 Å². The molecular weight excluding hydrogens is 212 g/mol. The Bertz CT molecular complexity index is 309. The van der Waals surface area contributed by atoms with Crippen molar-refractivity contribution in [3.63, 3.8) is 0 Å². The van der Waals surface area contributed by atoms with E-state index in [2.05, 4.69) is 10.3 Å². The van der Waals surface area contributed by atoms with Crippen LogP contribution in [-0.4, -0.2) is 22.6 Å². The molecule has 1 amide bonds. The van der Waals surface area contributed by atoms with Crippen LogP contribution in [0.3, 0.4) is 0 Å². The molecule has 0 bridgehead atoms. The molecule has 0 fully saturated rings. The average Bonchev–Trinajstić information content (AvgIpc) is 2.67. The molecule has 0 unspecified atom stereocenters. The van der Waals surface area contributed by atoms with E-state index in [0.717, 1.165) is 5.01 Å². The van der Waals surface area contributed by atoms with Crippen LogP contribution in [0.5, 0.6) is 0 Å². The Morgan fingerprint density at radius 1 is 1.67 bits per heavy atom. The zero-order valence-electron chi connectivity index (χ0n) is 8.99. The molecule has 2 N–H and O–H groups in total. The lowest BCUT2D eigenvalue weighted by atomic mass is 10.1. The maximum Gasteiger partial charge on any atom is 0.220 e. The Morgan fingerprint density at radius 2 is 2.40 bits per heavy atom. The van der Waals surface area contributed by atoms with Crippen molar-refractivity contribution in [3.05, 3.63) is 16.6 Å². The van der Waals surface area contributed by atoms with Gasteiger partial charge in [-0.25, -0.2) is 4.98 Å². The smallest absolute Gasteiger partial charge is 0.220 e. The second-order valence-electron chi connectivity index (χ2n) is 3.84. The van der Waals surface area contributed by atoms with Gasteiger partial charge in [-0.3, -0.25) is 4.79 Å². The van der Waals surface area contributed by atoms with Gasteiger partial charge in [0.15, 0.2) is 0 Å². The number of thiazole rings is 1. The third-order valence-electron chi connectivity index (χ3n) is 1.98. The van der Waals surface area contributed by atoms with E-state index < -0.39 is 5.54 Å². The summed E-state index contributed by atoms with van der Waals surface area (Å²) in [5.41, 5.74) is -0.430. The standard InChI is InChI=1S/C10H16N2O2S/c1-10(2,9-11-5-7-15-9)12-8(14)4-3-6-13/h5,7,13H,3-4,6H2,1-2H3,(H,12,14). The number of hydrogen-bond donors (Lipinski definition) is 2. The highest BCUT2D eigenvalue weighted by Gasteiger charge is 2.24. The van der Waals surface area contributed by atoms with Crippen LogP contribution in [0.25, 0.3) is 0 Å². The third kappa shape index (κ3) is 3.60. The van der Waals surface area contributed by atoms with E-state index >= 15 is 0 Å². The van der Waals surface area contributed by atoms with E-state index in [0.29, 0.717) is 12.8 Å². The van der Waals surface area contributed by atoms with Crippen molar-refractivity contribution in [1.29, 1.82) is 0 Å². The number of aliphatic hydroxyl groups is 1. The van der Waals surface area contributed by atoms with E-state index in [1.165, 1.54) is 11.3 Å². The van der Waals surface area contributed by atoms with Crippen molar-refractivity contribution in [3.8, 4) is 0 Å². The van der Waals surface area contributed by atoms with Gasteiger partial charge in [-0.1, -0.05) is 0 Å². The molecule has 1 heterocycles. The first-order valence-electron chi connectivity index (χ1n) is 4.88. The molecule has 0 spiro atoms. The van der Waals surface area contributed by atoms with Gasteiger partial charge in [-0.05, 0) is 20.3 Å². The minimum Gasteiger partial charge on any atom is -0.396 e. The van der Waals surface area contributed by atoms with Gasteiger partial charge in [-0.15, -0.1) is 11.3 Å². The Labute approximate surface area is 93.4 Å². The van der Waals surface area contributed by atoms with E-state index in [4.69, 9.17) is 5.11 Å². The minimum absolute atomic E-state index is 0.0467. The average molecular weight is 228 g/mol. The second-order valence-corrected chi connectivity index (χ2v) is 4.73. The summed E-state index contributed by atoms with van der Waals surface area (Å²) in [6, 6.07) is 0. The highest BCUT2D eigenvalue weighted by atomic mass is 32.1. The Hall–Kier alpha value is -0.940. The number of carbonyl (C=O) groups excluding carboxylic acids is 1. The topological polar surface area (TPSA) is 62.2 Å². The number of hydrogen-bond acceptors (Lipinski definition) is 4. The third-order valence-corrected chi connectivity index (χ3v) is 3.08. The second kappa shape index (κ2) is 5.23. The van der Waals surface area contributed by atoms with Gasteiger partial charge < -0.3 is 10.4 Å². The van der Waals surface area contributed by atoms with Crippen molar-refractivity contribution >= 4 is 17.2 Å². The Balaban J connectivity index is 2.53. The lowest BCUT2D eigenvalue weighted by Gasteiger charge is -2.23. The molecule has 0 aliphatic carbocycles. The predicted molar refractivity (Wildman–Crippen MR) is 59.6 cm³/mol. The van der Waals surface area contributed by atoms with Gasteiger partial charge in [-0.2, -0.15) is 0 Å². The van der Waals surface area contributed by atoms with Crippen molar-refractivity contribution < 1.29 is 9.90 Å². The fourth-order valence-corrected chi connectivity index (χ4v) is 1.95. The number of rotatable bonds is 5. The van der Waals surface area contributed by atoms with Gasteiger partial charge in [0.1, 0.15) is 5.01 Å². The van der Waals surface area contributed by atoms with Crippen LogP contribution in [0.4, 0.5) is 0 Å². The monoisotopic (exact) mass is 228 g/mol. The first-order chi connectivity index (χ1) is 7.06. The van der Waals surface area contributed by atoms with Crippen LogP contribution >= 0.6 is 11.3 Å². The molecular formula is C10H16N2O2S. The van der Waals surface area contributed by atoms with E-state index in [1.807, 2.05) is 19.2 Å². The Morgan fingerprint density at radius 3 is 2.93 bits per heavy atom. The SMILES string of the molecule is CC(C)(NC(=O)CCCO)c1nccs1. The van der Waals surface area contributed by atoms with Crippen LogP contribution in [0.1, 0.15) is 31.7 Å².